The van der Waals surface area contributed by atoms with Crippen LogP contribution in [0.5, 0.6) is 0 Å². The molecular weight excluding hydrogens is 116 g/mol. The Labute approximate surface area is 57.1 Å². The van der Waals surface area contributed by atoms with Crippen LogP contribution >= 0.6 is 0 Å². The first-order chi connectivity index (χ1) is 4.41. The summed E-state index contributed by atoms with van der Waals surface area (Å²) in [6.45, 7) is 5.81. The fourth-order valence-electron chi connectivity index (χ4n) is 0.440. The summed E-state index contributed by atoms with van der Waals surface area (Å²) in [5.41, 5.74) is 0. The lowest BCUT2D eigenvalue weighted by atomic mass is 10.3. The first kappa shape index (κ1) is 8.92. The zero-order chi connectivity index (χ0) is 6.95. The lowest BCUT2D eigenvalue weighted by molar-refractivity contribution is -0.312. The van der Waals surface area contributed by atoms with Crippen molar-refractivity contribution in [1.29, 1.82) is 0 Å². The van der Waals surface area contributed by atoms with Crippen molar-refractivity contribution in [3.8, 4) is 0 Å². The van der Waals surface area contributed by atoms with Crippen LogP contribution in [-0.4, -0.2) is 13.2 Å². The van der Waals surface area contributed by atoms with Crippen LogP contribution in [0.2, 0.25) is 0 Å². The molecule has 0 radical (unpaired) electrons. The Morgan fingerprint density at radius 2 is 1.33 bits per heavy atom. The highest BCUT2D eigenvalue weighted by atomic mass is 17.2. The molecule has 1 aliphatic heterocycles. The minimum atomic E-state index is 0.778. The van der Waals surface area contributed by atoms with Gasteiger partial charge in [-0.3, -0.25) is 0 Å². The molecule has 0 spiro atoms. The third kappa shape index (κ3) is 7.92. The molecule has 0 unspecified atom stereocenters. The first-order valence-corrected chi connectivity index (χ1v) is 3.66. The maximum absolute atomic E-state index is 4.57. The quantitative estimate of drug-likeness (QED) is 0.470. The van der Waals surface area contributed by atoms with Gasteiger partial charge in [-0.2, -0.15) is 0 Å². The van der Waals surface area contributed by atoms with Crippen LogP contribution in [0.25, 0.3) is 0 Å². The Hall–Kier alpha value is -0.0800. The van der Waals surface area contributed by atoms with Crippen molar-refractivity contribution in [3.63, 3.8) is 0 Å². The lowest BCUT2D eigenvalue weighted by Crippen LogP contribution is -2.05. The SMILES string of the molecule is C1CCOOC1.CCC. The average molecular weight is 132 g/mol. The topological polar surface area (TPSA) is 18.5 Å². The summed E-state index contributed by atoms with van der Waals surface area (Å²) in [4.78, 5) is 9.14. The molecule has 1 rings (SSSR count). The van der Waals surface area contributed by atoms with Crippen molar-refractivity contribution in [2.24, 2.45) is 0 Å². The molecule has 0 aromatic carbocycles. The van der Waals surface area contributed by atoms with Gasteiger partial charge in [0.2, 0.25) is 0 Å². The summed E-state index contributed by atoms with van der Waals surface area (Å²) >= 11 is 0. The zero-order valence-corrected chi connectivity index (χ0v) is 6.35. The van der Waals surface area contributed by atoms with Gasteiger partial charge in [0.05, 0.1) is 13.2 Å². The Morgan fingerprint density at radius 3 is 1.44 bits per heavy atom. The Balaban J connectivity index is 0.000000187. The minimum Gasteiger partial charge on any atom is -0.237 e. The van der Waals surface area contributed by atoms with E-state index in [0.717, 1.165) is 26.1 Å². The van der Waals surface area contributed by atoms with E-state index in [1.807, 2.05) is 0 Å². The highest BCUT2D eigenvalue weighted by Crippen LogP contribution is 1.97. The normalized spacial score (nSPS) is 18.0. The number of hydrogen-bond acceptors (Lipinski definition) is 2. The summed E-state index contributed by atoms with van der Waals surface area (Å²) in [6, 6.07) is 0. The van der Waals surface area contributed by atoms with Crippen LogP contribution in [0, 0.1) is 0 Å². The molecule has 0 aromatic heterocycles. The van der Waals surface area contributed by atoms with E-state index >= 15 is 0 Å². The second kappa shape index (κ2) is 7.92. The fourth-order valence-corrected chi connectivity index (χ4v) is 0.440. The van der Waals surface area contributed by atoms with Gasteiger partial charge in [0.1, 0.15) is 0 Å². The van der Waals surface area contributed by atoms with Crippen molar-refractivity contribution < 1.29 is 9.78 Å². The van der Waals surface area contributed by atoms with Gasteiger partial charge in [-0.1, -0.05) is 20.3 Å². The third-order valence-corrected chi connectivity index (χ3v) is 0.789. The molecule has 0 aromatic rings. The van der Waals surface area contributed by atoms with Gasteiger partial charge in [-0.15, -0.1) is 0 Å². The van der Waals surface area contributed by atoms with E-state index in [1.54, 1.807) is 0 Å². The van der Waals surface area contributed by atoms with Crippen molar-refractivity contribution >= 4 is 0 Å². The summed E-state index contributed by atoms with van der Waals surface area (Å²) in [6.07, 6.45) is 3.56. The van der Waals surface area contributed by atoms with E-state index in [2.05, 4.69) is 23.6 Å². The van der Waals surface area contributed by atoms with Crippen LogP contribution in [0.3, 0.4) is 0 Å². The van der Waals surface area contributed by atoms with E-state index in [9.17, 15) is 0 Å². The monoisotopic (exact) mass is 132 g/mol. The van der Waals surface area contributed by atoms with E-state index in [0.29, 0.717) is 0 Å². The molecule has 9 heavy (non-hydrogen) atoms. The molecule has 1 saturated heterocycles. The van der Waals surface area contributed by atoms with Gasteiger partial charge < -0.3 is 0 Å². The predicted octanol–water partition coefficient (Wildman–Crippen LogP) is 2.14. The van der Waals surface area contributed by atoms with Gasteiger partial charge in [0.15, 0.2) is 0 Å². The summed E-state index contributed by atoms with van der Waals surface area (Å²) in [7, 11) is 0. The second-order valence-electron chi connectivity index (χ2n) is 2.06. The molecule has 0 amide bonds. The van der Waals surface area contributed by atoms with Crippen LogP contribution < -0.4 is 0 Å². The number of rotatable bonds is 0. The summed E-state index contributed by atoms with van der Waals surface area (Å²) in [5, 5.41) is 0. The molecule has 0 saturated carbocycles. The molecule has 0 atom stereocenters. The van der Waals surface area contributed by atoms with Crippen molar-refractivity contribution in [1.82, 2.24) is 0 Å². The van der Waals surface area contributed by atoms with E-state index < -0.39 is 0 Å². The van der Waals surface area contributed by atoms with Crippen LogP contribution in [-0.2, 0) is 9.78 Å². The Kier molecular flexibility index (Phi) is 7.85. The number of hydrogen-bond donors (Lipinski definition) is 0. The van der Waals surface area contributed by atoms with Gasteiger partial charge in [0.25, 0.3) is 0 Å². The predicted molar refractivity (Wildman–Crippen MR) is 37.1 cm³/mol. The summed E-state index contributed by atoms with van der Waals surface area (Å²) < 4.78 is 0. The van der Waals surface area contributed by atoms with Crippen LogP contribution in [0.1, 0.15) is 33.1 Å². The van der Waals surface area contributed by atoms with E-state index in [4.69, 9.17) is 0 Å². The fraction of sp³-hybridized carbons (Fsp3) is 1.00. The first-order valence-electron chi connectivity index (χ1n) is 3.66. The molecule has 0 N–H and O–H groups in total. The van der Waals surface area contributed by atoms with E-state index in [1.165, 1.54) is 6.42 Å². The second-order valence-corrected chi connectivity index (χ2v) is 2.06. The highest BCUT2D eigenvalue weighted by Gasteiger charge is 1.95. The zero-order valence-electron chi connectivity index (χ0n) is 6.35. The Morgan fingerprint density at radius 1 is 1.00 bits per heavy atom. The van der Waals surface area contributed by atoms with Gasteiger partial charge in [-0.25, -0.2) is 9.78 Å². The molecule has 2 heteroatoms. The molecule has 1 heterocycles. The molecule has 0 bridgehead atoms. The standard InChI is InChI=1S/C4H8O2.C3H8/c1-2-4-6-5-3-1;1-3-2/h1-4H2;3H2,1-2H3. The molecule has 56 valence electrons. The van der Waals surface area contributed by atoms with E-state index in [-0.39, 0.29) is 0 Å². The lowest BCUT2D eigenvalue weighted by Gasteiger charge is -2.07. The largest absolute Gasteiger partial charge is 0.237 e. The van der Waals surface area contributed by atoms with Crippen LogP contribution in [0.15, 0.2) is 0 Å². The smallest absolute Gasteiger partial charge is 0.0823 e. The molecule has 2 nitrogen and oxygen atoms in total. The average Bonchev–Trinajstić information content (AvgIpc) is 1.93. The molecule has 0 aliphatic carbocycles. The van der Waals surface area contributed by atoms with Crippen LogP contribution in [0.4, 0.5) is 0 Å². The summed E-state index contributed by atoms with van der Waals surface area (Å²) in [5.74, 6) is 0. The Bertz CT molecular complexity index is 30.7. The highest BCUT2D eigenvalue weighted by molar-refractivity contribution is 4.36. The van der Waals surface area contributed by atoms with Gasteiger partial charge >= 0.3 is 0 Å². The van der Waals surface area contributed by atoms with Crippen molar-refractivity contribution in [2.75, 3.05) is 13.2 Å². The maximum Gasteiger partial charge on any atom is 0.0823 e. The molecule has 1 fully saturated rings. The maximum atomic E-state index is 4.57. The minimum absolute atomic E-state index is 0.778. The van der Waals surface area contributed by atoms with Crippen molar-refractivity contribution in [3.05, 3.63) is 0 Å². The van der Waals surface area contributed by atoms with Gasteiger partial charge in [-0.05, 0) is 12.8 Å². The van der Waals surface area contributed by atoms with Crippen molar-refractivity contribution in [2.45, 2.75) is 33.1 Å². The molecule has 1 aliphatic rings. The van der Waals surface area contributed by atoms with Gasteiger partial charge in [0, 0.05) is 0 Å². The third-order valence-electron chi connectivity index (χ3n) is 0.789. The molecular formula is C7H16O2.